The lowest BCUT2D eigenvalue weighted by Gasteiger charge is -2.16. The fourth-order valence-corrected chi connectivity index (χ4v) is 2.89. The van der Waals surface area contributed by atoms with Crippen molar-refractivity contribution in [2.45, 2.75) is 51.2 Å². The first-order valence-corrected chi connectivity index (χ1v) is 7.39. The smallest absolute Gasteiger partial charge is 0.0576 e. The molecule has 1 aliphatic rings. The molecule has 1 N–H and O–H groups in total. The van der Waals surface area contributed by atoms with Crippen molar-refractivity contribution >= 4 is 11.8 Å². The van der Waals surface area contributed by atoms with Crippen LogP contribution in [0, 0.1) is 0 Å². The summed E-state index contributed by atoms with van der Waals surface area (Å²) in [5.74, 6) is 2.47. The molecule has 1 fully saturated rings. The van der Waals surface area contributed by atoms with Crippen molar-refractivity contribution in [2.75, 3.05) is 25.2 Å². The van der Waals surface area contributed by atoms with Gasteiger partial charge >= 0.3 is 0 Å². The van der Waals surface area contributed by atoms with E-state index in [9.17, 15) is 0 Å². The molecule has 1 heterocycles. The highest BCUT2D eigenvalue weighted by Gasteiger charge is 2.15. The average Bonchev–Trinajstić information content (AvgIpc) is 2.76. The third-order valence-electron chi connectivity index (χ3n) is 3.03. The average molecular weight is 231 g/mol. The molecule has 1 aliphatic heterocycles. The van der Waals surface area contributed by atoms with Gasteiger partial charge in [-0.2, -0.15) is 11.8 Å². The van der Waals surface area contributed by atoms with Crippen LogP contribution in [0.4, 0.5) is 0 Å². The van der Waals surface area contributed by atoms with E-state index in [1.807, 2.05) is 11.8 Å². The first kappa shape index (κ1) is 13.3. The maximum Gasteiger partial charge on any atom is 0.0576 e. The van der Waals surface area contributed by atoms with E-state index in [1.54, 1.807) is 0 Å². The summed E-state index contributed by atoms with van der Waals surface area (Å²) >= 11 is 2.03. The highest BCUT2D eigenvalue weighted by atomic mass is 32.2. The maximum absolute atomic E-state index is 5.62. The Morgan fingerprint density at radius 2 is 2.40 bits per heavy atom. The fraction of sp³-hybridized carbons (Fsp3) is 1.00. The first-order chi connectivity index (χ1) is 7.36. The predicted octanol–water partition coefficient (Wildman–Crippen LogP) is 2.68. The van der Waals surface area contributed by atoms with Crippen molar-refractivity contribution in [1.82, 2.24) is 5.32 Å². The monoisotopic (exact) mass is 231 g/mol. The number of hydrogen-bond acceptors (Lipinski definition) is 3. The van der Waals surface area contributed by atoms with Crippen LogP contribution in [-0.2, 0) is 4.74 Å². The van der Waals surface area contributed by atoms with E-state index in [2.05, 4.69) is 19.3 Å². The van der Waals surface area contributed by atoms with Crippen molar-refractivity contribution in [3.05, 3.63) is 0 Å². The van der Waals surface area contributed by atoms with Gasteiger partial charge in [-0.25, -0.2) is 0 Å². The second kappa shape index (κ2) is 8.43. The van der Waals surface area contributed by atoms with Gasteiger partial charge in [0.15, 0.2) is 0 Å². The van der Waals surface area contributed by atoms with Crippen LogP contribution in [0.5, 0.6) is 0 Å². The van der Waals surface area contributed by atoms with E-state index in [-0.39, 0.29) is 0 Å². The molecular weight excluding hydrogens is 206 g/mol. The first-order valence-electron chi connectivity index (χ1n) is 6.23. The fourth-order valence-electron chi connectivity index (χ4n) is 2.04. The van der Waals surface area contributed by atoms with Gasteiger partial charge in [0.2, 0.25) is 0 Å². The lowest BCUT2D eigenvalue weighted by Crippen LogP contribution is -2.28. The lowest BCUT2D eigenvalue weighted by molar-refractivity contribution is 0.101. The van der Waals surface area contributed by atoms with Gasteiger partial charge in [-0.15, -0.1) is 0 Å². The van der Waals surface area contributed by atoms with E-state index in [1.165, 1.54) is 43.6 Å². The molecule has 0 aromatic heterocycles. The number of thioether (sulfide) groups is 1. The molecule has 0 aromatic carbocycles. The largest absolute Gasteiger partial charge is 0.378 e. The number of nitrogens with one attached hydrogen (secondary N) is 1. The minimum Gasteiger partial charge on any atom is -0.378 e. The molecule has 15 heavy (non-hydrogen) atoms. The Kier molecular flexibility index (Phi) is 7.49. The zero-order valence-electron chi connectivity index (χ0n) is 10.1. The second-order valence-corrected chi connectivity index (χ2v) is 5.53. The minimum atomic E-state index is 0.571. The van der Waals surface area contributed by atoms with Crippen LogP contribution in [0.1, 0.15) is 39.0 Å². The minimum absolute atomic E-state index is 0.571. The molecule has 2 unspecified atom stereocenters. The molecule has 0 aromatic rings. The summed E-state index contributed by atoms with van der Waals surface area (Å²) in [7, 11) is 2.08. The van der Waals surface area contributed by atoms with Crippen LogP contribution in [0.2, 0.25) is 0 Å². The van der Waals surface area contributed by atoms with E-state index in [0.717, 1.165) is 6.61 Å². The highest BCUT2D eigenvalue weighted by Crippen LogP contribution is 2.18. The molecule has 2 atom stereocenters. The summed E-state index contributed by atoms with van der Waals surface area (Å²) in [6, 6.07) is 0.691. The van der Waals surface area contributed by atoms with Gasteiger partial charge in [-0.1, -0.05) is 6.92 Å². The van der Waals surface area contributed by atoms with E-state index in [0.29, 0.717) is 12.1 Å². The standard InChI is InChI=1S/C12H25NOS/c1-3-15-10-11(13-2)6-4-7-12-8-5-9-14-12/h11-13H,3-10H2,1-2H3. The van der Waals surface area contributed by atoms with E-state index >= 15 is 0 Å². The molecule has 0 saturated carbocycles. The van der Waals surface area contributed by atoms with Gasteiger partial charge in [-0.3, -0.25) is 0 Å². The van der Waals surface area contributed by atoms with Crippen molar-refractivity contribution in [3.63, 3.8) is 0 Å². The number of hydrogen-bond donors (Lipinski definition) is 1. The Labute approximate surface area is 98.5 Å². The molecule has 1 rings (SSSR count). The van der Waals surface area contributed by atoms with Crippen LogP contribution in [0.3, 0.4) is 0 Å². The van der Waals surface area contributed by atoms with Crippen LogP contribution >= 0.6 is 11.8 Å². The zero-order chi connectivity index (χ0) is 10.9. The Morgan fingerprint density at radius 3 is 3.00 bits per heavy atom. The van der Waals surface area contributed by atoms with Crippen LogP contribution < -0.4 is 5.32 Å². The van der Waals surface area contributed by atoms with Gasteiger partial charge in [0.25, 0.3) is 0 Å². The van der Waals surface area contributed by atoms with Gasteiger partial charge in [-0.05, 0) is 44.9 Å². The Bertz CT molecular complexity index is 149. The molecule has 0 spiro atoms. The third-order valence-corrected chi connectivity index (χ3v) is 4.08. The van der Waals surface area contributed by atoms with Gasteiger partial charge in [0.05, 0.1) is 6.10 Å². The molecular formula is C12H25NOS. The van der Waals surface area contributed by atoms with E-state index < -0.39 is 0 Å². The van der Waals surface area contributed by atoms with Crippen molar-refractivity contribution in [3.8, 4) is 0 Å². The highest BCUT2D eigenvalue weighted by molar-refractivity contribution is 7.99. The van der Waals surface area contributed by atoms with Gasteiger partial charge < -0.3 is 10.1 Å². The summed E-state index contributed by atoms with van der Waals surface area (Å²) in [5, 5.41) is 3.40. The van der Waals surface area contributed by atoms with Gasteiger partial charge in [0.1, 0.15) is 0 Å². The van der Waals surface area contributed by atoms with Crippen LogP contribution in [0.15, 0.2) is 0 Å². The molecule has 0 aliphatic carbocycles. The normalized spacial score (nSPS) is 23.2. The van der Waals surface area contributed by atoms with Crippen LogP contribution in [-0.4, -0.2) is 37.3 Å². The molecule has 0 amide bonds. The maximum atomic E-state index is 5.62. The van der Waals surface area contributed by atoms with Crippen molar-refractivity contribution < 1.29 is 4.74 Å². The summed E-state index contributed by atoms with van der Waals surface area (Å²) in [4.78, 5) is 0. The lowest BCUT2D eigenvalue weighted by atomic mass is 10.1. The summed E-state index contributed by atoms with van der Waals surface area (Å²) < 4.78 is 5.62. The number of rotatable bonds is 8. The van der Waals surface area contributed by atoms with Gasteiger partial charge in [0, 0.05) is 18.4 Å². The summed E-state index contributed by atoms with van der Waals surface area (Å²) in [5.41, 5.74) is 0. The molecule has 3 heteroatoms. The number of ether oxygens (including phenoxy) is 1. The van der Waals surface area contributed by atoms with Crippen molar-refractivity contribution in [1.29, 1.82) is 0 Å². The molecule has 1 saturated heterocycles. The predicted molar refractivity (Wildman–Crippen MR) is 68.7 cm³/mol. The Morgan fingerprint density at radius 1 is 1.53 bits per heavy atom. The van der Waals surface area contributed by atoms with Crippen molar-refractivity contribution in [2.24, 2.45) is 0 Å². The second-order valence-electron chi connectivity index (χ2n) is 4.21. The third kappa shape index (κ3) is 5.79. The van der Waals surface area contributed by atoms with E-state index in [4.69, 9.17) is 4.74 Å². The molecule has 2 nitrogen and oxygen atoms in total. The summed E-state index contributed by atoms with van der Waals surface area (Å²) in [6.45, 7) is 3.22. The van der Waals surface area contributed by atoms with Crippen LogP contribution in [0.25, 0.3) is 0 Å². The molecule has 0 radical (unpaired) electrons. The Balaban J connectivity index is 2.00. The topological polar surface area (TPSA) is 21.3 Å². The summed E-state index contributed by atoms with van der Waals surface area (Å²) in [6.07, 6.45) is 6.99. The molecule has 90 valence electrons. The Hall–Kier alpha value is 0.270. The zero-order valence-corrected chi connectivity index (χ0v) is 10.9. The quantitative estimate of drug-likeness (QED) is 0.694. The molecule has 0 bridgehead atoms. The SMILES string of the molecule is CCSCC(CCCC1CCCO1)NC.